The quantitative estimate of drug-likeness (QED) is 0.778. The minimum Gasteiger partial charge on any atom is -0.354 e. The van der Waals surface area contributed by atoms with Gasteiger partial charge >= 0.3 is 0 Å². The molecule has 1 aliphatic carbocycles. The van der Waals surface area contributed by atoms with Crippen LogP contribution in [0, 0.1) is 0 Å². The van der Waals surface area contributed by atoms with Crippen LogP contribution in [0.15, 0.2) is 0 Å². The SMILES string of the molecule is CN(C)c1nc(C2CC2)c(CS)s1. The van der Waals surface area contributed by atoms with E-state index in [0.29, 0.717) is 0 Å². The van der Waals surface area contributed by atoms with Crippen LogP contribution in [0.5, 0.6) is 0 Å². The van der Waals surface area contributed by atoms with Gasteiger partial charge in [0.1, 0.15) is 0 Å². The van der Waals surface area contributed by atoms with Gasteiger partial charge in [0.15, 0.2) is 5.13 Å². The Morgan fingerprint density at radius 3 is 2.69 bits per heavy atom. The Labute approximate surface area is 88.4 Å². The highest BCUT2D eigenvalue weighted by atomic mass is 32.1. The summed E-state index contributed by atoms with van der Waals surface area (Å²) >= 11 is 6.11. The van der Waals surface area contributed by atoms with Crippen molar-refractivity contribution in [3.05, 3.63) is 10.6 Å². The van der Waals surface area contributed by atoms with E-state index < -0.39 is 0 Å². The highest BCUT2D eigenvalue weighted by molar-refractivity contribution is 7.79. The Balaban J connectivity index is 2.31. The molecular weight excluding hydrogens is 200 g/mol. The Hall–Kier alpha value is -0.220. The van der Waals surface area contributed by atoms with Crippen molar-refractivity contribution in [2.75, 3.05) is 19.0 Å². The number of anilines is 1. The number of thiol groups is 1. The highest BCUT2D eigenvalue weighted by Crippen LogP contribution is 2.44. The number of rotatable bonds is 3. The van der Waals surface area contributed by atoms with Gasteiger partial charge in [0.25, 0.3) is 0 Å². The largest absolute Gasteiger partial charge is 0.354 e. The molecule has 0 saturated heterocycles. The molecule has 72 valence electrons. The summed E-state index contributed by atoms with van der Waals surface area (Å²) in [5, 5.41) is 1.12. The first-order valence-electron chi connectivity index (χ1n) is 4.50. The van der Waals surface area contributed by atoms with E-state index in [9.17, 15) is 0 Å². The first-order chi connectivity index (χ1) is 6.22. The van der Waals surface area contributed by atoms with Gasteiger partial charge in [-0.05, 0) is 12.8 Å². The van der Waals surface area contributed by atoms with Crippen molar-refractivity contribution in [1.82, 2.24) is 4.98 Å². The average Bonchev–Trinajstić information content (AvgIpc) is 2.84. The lowest BCUT2D eigenvalue weighted by Crippen LogP contribution is -2.07. The Kier molecular flexibility index (Phi) is 2.51. The summed E-state index contributed by atoms with van der Waals surface area (Å²) in [6.45, 7) is 0. The van der Waals surface area contributed by atoms with Gasteiger partial charge in [0.2, 0.25) is 0 Å². The van der Waals surface area contributed by atoms with E-state index in [1.165, 1.54) is 23.4 Å². The van der Waals surface area contributed by atoms with Gasteiger partial charge in [-0.2, -0.15) is 12.6 Å². The molecule has 1 fully saturated rings. The van der Waals surface area contributed by atoms with Crippen LogP contribution in [0.2, 0.25) is 0 Å². The fourth-order valence-corrected chi connectivity index (χ4v) is 2.62. The third-order valence-corrected chi connectivity index (χ3v) is 3.98. The fraction of sp³-hybridized carbons (Fsp3) is 0.667. The number of aromatic nitrogens is 1. The molecular formula is C9H14N2S2. The molecule has 0 atom stereocenters. The maximum absolute atomic E-state index is 4.64. The van der Waals surface area contributed by atoms with Crippen LogP contribution in [0.1, 0.15) is 29.3 Å². The summed E-state index contributed by atoms with van der Waals surface area (Å²) in [6.07, 6.45) is 2.63. The number of nitrogens with zero attached hydrogens (tertiary/aromatic N) is 2. The van der Waals surface area contributed by atoms with Crippen LogP contribution in [-0.4, -0.2) is 19.1 Å². The molecule has 2 nitrogen and oxygen atoms in total. The second kappa shape index (κ2) is 3.50. The maximum Gasteiger partial charge on any atom is 0.185 e. The lowest BCUT2D eigenvalue weighted by atomic mass is 10.3. The minimum absolute atomic E-state index is 0.743. The average molecular weight is 214 g/mol. The molecule has 0 radical (unpaired) electrons. The van der Waals surface area contributed by atoms with Crippen LogP contribution in [0.4, 0.5) is 5.13 Å². The van der Waals surface area contributed by atoms with Gasteiger partial charge in [-0.1, -0.05) is 0 Å². The van der Waals surface area contributed by atoms with E-state index in [4.69, 9.17) is 0 Å². The molecule has 0 aliphatic heterocycles. The summed E-state index contributed by atoms with van der Waals surface area (Å²) in [7, 11) is 4.08. The van der Waals surface area contributed by atoms with Gasteiger partial charge < -0.3 is 4.90 Å². The first-order valence-corrected chi connectivity index (χ1v) is 5.95. The van der Waals surface area contributed by atoms with Crippen LogP contribution >= 0.6 is 24.0 Å². The Morgan fingerprint density at radius 2 is 2.23 bits per heavy atom. The first kappa shape index (κ1) is 9.34. The number of hydrogen-bond donors (Lipinski definition) is 1. The summed E-state index contributed by atoms with van der Waals surface area (Å²) in [6, 6.07) is 0. The molecule has 0 N–H and O–H groups in total. The molecule has 1 aliphatic rings. The van der Waals surface area contributed by atoms with Crippen molar-refractivity contribution in [2.45, 2.75) is 24.5 Å². The molecule has 1 aromatic heterocycles. The van der Waals surface area contributed by atoms with Crippen molar-refractivity contribution in [2.24, 2.45) is 0 Å². The molecule has 2 rings (SSSR count). The monoisotopic (exact) mass is 214 g/mol. The minimum atomic E-state index is 0.743. The molecule has 0 amide bonds. The van der Waals surface area contributed by atoms with E-state index >= 15 is 0 Å². The molecule has 0 spiro atoms. The van der Waals surface area contributed by atoms with Crippen LogP contribution in [0.3, 0.4) is 0 Å². The molecule has 1 heterocycles. The molecule has 0 unspecified atom stereocenters. The van der Waals surface area contributed by atoms with Crippen molar-refractivity contribution >= 4 is 29.1 Å². The van der Waals surface area contributed by atoms with E-state index in [1.807, 2.05) is 14.1 Å². The zero-order chi connectivity index (χ0) is 9.42. The standard InChI is InChI=1S/C9H14N2S2/c1-11(2)9-10-8(6-3-4-6)7(5-12)13-9/h6,12H,3-5H2,1-2H3. The van der Waals surface area contributed by atoms with E-state index in [1.54, 1.807) is 11.3 Å². The molecule has 4 heteroatoms. The van der Waals surface area contributed by atoms with Gasteiger partial charge in [-0.15, -0.1) is 11.3 Å². The van der Waals surface area contributed by atoms with Crippen LogP contribution in [-0.2, 0) is 5.75 Å². The number of hydrogen-bond acceptors (Lipinski definition) is 4. The van der Waals surface area contributed by atoms with Crippen molar-refractivity contribution in [3.63, 3.8) is 0 Å². The predicted molar refractivity (Wildman–Crippen MR) is 61.1 cm³/mol. The lowest BCUT2D eigenvalue weighted by molar-refractivity contribution is 1.00. The van der Waals surface area contributed by atoms with Crippen molar-refractivity contribution in [3.8, 4) is 0 Å². The molecule has 13 heavy (non-hydrogen) atoms. The second-order valence-corrected chi connectivity index (χ2v) is 5.01. The zero-order valence-corrected chi connectivity index (χ0v) is 9.66. The normalized spacial score (nSPS) is 16.2. The summed E-state index contributed by atoms with van der Waals surface area (Å²) in [4.78, 5) is 8.07. The van der Waals surface area contributed by atoms with E-state index in [2.05, 4.69) is 22.5 Å². The Bertz CT molecular complexity index is 303. The van der Waals surface area contributed by atoms with Gasteiger partial charge in [-0.25, -0.2) is 4.98 Å². The number of thiazole rings is 1. The van der Waals surface area contributed by atoms with E-state index in [-0.39, 0.29) is 0 Å². The van der Waals surface area contributed by atoms with Crippen molar-refractivity contribution in [1.29, 1.82) is 0 Å². The maximum atomic E-state index is 4.64. The molecule has 0 aromatic carbocycles. The smallest absolute Gasteiger partial charge is 0.185 e. The molecule has 1 saturated carbocycles. The third-order valence-electron chi connectivity index (χ3n) is 2.21. The van der Waals surface area contributed by atoms with Gasteiger partial charge in [0.05, 0.1) is 5.69 Å². The Morgan fingerprint density at radius 1 is 1.54 bits per heavy atom. The molecule has 0 bridgehead atoms. The zero-order valence-electron chi connectivity index (χ0n) is 7.95. The van der Waals surface area contributed by atoms with Gasteiger partial charge in [0, 0.05) is 30.6 Å². The second-order valence-electron chi connectivity index (χ2n) is 3.63. The summed E-state index contributed by atoms with van der Waals surface area (Å²) < 4.78 is 0. The highest BCUT2D eigenvalue weighted by Gasteiger charge is 2.29. The topological polar surface area (TPSA) is 16.1 Å². The third kappa shape index (κ3) is 1.83. The lowest BCUT2D eigenvalue weighted by Gasteiger charge is -2.05. The molecule has 1 aromatic rings. The fourth-order valence-electron chi connectivity index (χ4n) is 1.33. The van der Waals surface area contributed by atoms with E-state index in [0.717, 1.165) is 16.8 Å². The van der Waals surface area contributed by atoms with Gasteiger partial charge in [-0.3, -0.25) is 0 Å². The van der Waals surface area contributed by atoms with Crippen LogP contribution in [0.25, 0.3) is 0 Å². The van der Waals surface area contributed by atoms with Crippen molar-refractivity contribution < 1.29 is 0 Å². The van der Waals surface area contributed by atoms with Crippen LogP contribution < -0.4 is 4.90 Å². The summed E-state index contributed by atoms with van der Waals surface area (Å²) in [5.41, 5.74) is 1.31. The predicted octanol–water partition coefficient (Wildman–Crippen LogP) is 2.52. The summed E-state index contributed by atoms with van der Waals surface area (Å²) in [5.74, 6) is 1.57.